The predicted molar refractivity (Wildman–Crippen MR) is 110 cm³/mol. The Kier molecular flexibility index (Phi) is 6.72. The molecule has 2 heterocycles. The van der Waals surface area contributed by atoms with Gasteiger partial charge in [0.2, 0.25) is 11.7 Å². The van der Waals surface area contributed by atoms with Crippen LogP contribution in [-0.4, -0.2) is 41.4 Å². The van der Waals surface area contributed by atoms with E-state index in [0.29, 0.717) is 17.0 Å². The first-order valence-electron chi connectivity index (χ1n) is 9.86. The molecule has 0 radical (unpaired) electrons. The van der Waals surface area contributed by atoms with Crippen LogP contribution in [0, 0.1) is 10.1 Å². The minimum Gasteiger partial charge on any atom is -0.463 e. The van der Waals surface area contributed by atoms with Crippen molar-refractivity contribution in [2.24, 2.45) is 0 Å². The molecule has 3 rings (SSSR count). The summed E-state index contributed by atoms with van der Waals surface area (Å²) in [5.74, 6) is -1.92. The molecule has 1 amide bonds. The highest BCUT2D eigenvalue weighted by atomic mass is 16.6. The number of nitro benzene ring substituents is 1. The number of ether oxygens (including phenoxy) is 2. The topological polar surface area (TPSA) is 129 Å². The number of hydrogen-bond donors (Lipinski definition) is 0. The third-order valence-electron chi connectivity index (χ3n) is 5.16. The minimum atomic E-state index is -0.695. The van der Waals surface area contributed by atoms with E-state index in [2.05, 4.69) is 4.74 Å². The number of benzene rings is 1. The van der Waals surface area contributed by atoms with Crippen molar-refractivity contribution in [2.75, 3.05) is 13.7 Å². The highest BCUT2D eigenvalue weighted by Crippen LogP contribution is 2.38. The molecule has 1 aromatic heterocycles. The van der Waals surface area contributed by atoms with Crippen molar-refractivity contribution in [3.05, 3.63) is 74.9 Å². The molecule has 32 heavy (non-hydrogen) atoms. The van der Waals surface area contributed by atoms with E-state index in [9.17, 15) is 24.5 Å². The van der Waals surface area contributed by atoms with Crippen molar-refractivity contribution < 1.29 is 33.2 Å². The third-order valence-corrected chi connectivity index (χ3v) is 5.16. The van der Waals surface area contributed by atoms with Gasteiger partial charge in [-0.25, -0.2) is 9.59 Å². The van der Waals surface area contributed by atoms with Gasteiger partial charge in [-0.15, -0.1) is 0 Å². The van der Waals surface area contributed by atoms with Gasteiger partial charge in [-0.3, -0.25) is 14.9 Å². The Balaban J connectivity index is 2.01. The molecule has 10 heteroatoms. The van der Waals surface area contributed by atoms with Crippen LogP contribution in [0.25, 0.3) is 0 Å². The van der Waals surface area contributed by atoms with Crippen LogP contribution < -0.4 is 0 Å². The number of esters is 2. The van der Waals surface area contributed by atoms with E-state index >= 15 is 0 Å². The van der Waals surface area contributed by atoms with Gasteiger partial charge in [-0.2, -0.15) is 0 Å². The summed E-state index contributed by atoms with van der Waals surface area (Å²) in [6.45, 7) is 3.40. The molecule has 1 atom stereocenters. The predicted octanol–water partition coefficient (Wildman–Crippen LogP) is 3.33. The van der Waals surface area contributed by atoms with Gasteiger partial charge in [0.25, 0.3) is 5.69 Å². The maximum atomic E-state index is 13.0. The van der Waals surface area contributed by atoms with E-state index in [1.165, 1.54) is 36.3 Å². The van der Waals surface area contributed by atoms with Crippen LogP contribution in [0.1, 0.15) is 48.1 Å². The number of allylic oxidation sites excluding steroid dienone is 1. The van der Waals surface area contributed by atoms with Gasteiger partial charge in [0, 0.05) is 30.2 Å². The molecular formula is C22H22N2O8. The lowest BCUT2D eigenvalue weighted by Crippen LogP contribution is -2.38. The van der Waals surface area contributed by atoms with E-state index < -0.39 is 22.8 Å². The first-order valence-corrected chi connectivity index (χ1v) is 9.86. The van der Waals surface area contributed by atoms with Gasteiger partial charge >= 0.3 is 11.9 Å². The van der Waals surface area contributed by atoms with Gasteiger partial charge < -0.3 is 18.8 Å². The molecular weight excluding hydrogens is 420 g/mol. The largest absolute Gasteiger partial charge is 0.463 e. The molecule has 0 saturated heterocycles. The van der Waals surface area contributed by atoms with Crippen molar-refractivity contribution in [1.29, 1.82) is 0 Å². The van der Waals surface area contributed by atoms with E-state index in [-0.39, 0.29) is 42.5 Å². The number of nitro groups is 1. The van der Waals surface area contributed by atoms with Crippen molar-refractivity contribution in [2.45, 2.75) is 32.7 Å². The zero-order chi connectivity index (χ0) is 23.4. The molecule has 0 N–H and O–H groups in total. The van der Waals surface area contributed by atoms with Crippen molar-refractivity contribution in [3.8, 4) is 0 Å². The lowest BCUT2D eigenvalue weighted by atomic mass is 9.83. The first kappa shape index (κ1) is 22.7. The number of carbonyl (C=O) groups is 3. The zero-order valence-electron chi connectivity index (χ0n) is 17.8. The van der Waals surface area contributed by atoms with Crippen LogP contribution in [-0.2, 0) is 25.6 Å². The maximum absolute atomic E-state index is 13.0. The van der Waals surface area contributed by atoms with Crippen LogP contribution in [0.5, 0.6) is 0 Å². The number of carbonyl (C=O) groups excluding carboxylic acids is 3. The van der Waals surface area contributed by atoms with Crippen LogP contribution in [0.3, 0.4) is 0 Å². The quantitative estimate of drug-likeness (QED) is 0.363. The number of methoxy groups -OCH3 is 1. The molecule has 2 aromatic rings. The number of nitrogens with zero attached hydrogens (tertiary/aromatic N) is 2. The van der Waals surface area contributed by atoms with E-state index in [1.54, 1.807) is 26.0 Å². The highest BCUT2D eigenvalue weighted by Gasteiger charge is 2.37. The Morgan fingerprint density at radius 2 is 2.00 bits per heavy atom. The maximum Gasteiger partial charge on any atom is 0.373 e. The number of amides is 1. The standard InChI is InChI=1S/C22H22N2O8/c1-4-31-22(27)20-13(2)23(12-16-8-9-18(32-16)21(26)30-3)19(25)11-17(20)14-6-5-7-15(10-14)24(28)29/h5-10,17H,4,11-12H2,1-3H3/t17-/m1/s1. The van der Waals surface area contributed by atoms with Crippen molar-refractivity contribution >= 4 is 23.5 Å². The average Bonchev–Trinajstić information content (AvgIpc) is 3.24. The Labute approximate surface area is 183 Å². The summed E-state index contributed by atoms with van der Waals surface area (Å²) >= 11 is 0. The molecule has 0 fully saturated rings. The van der Waals surface area contributed by atoms with E-state index in [4.69, 9.17) is 9.15 Å². The first-order chi connectivity index (χ1) is 15.3. The second-order valence-corrected chi connectivity index (χ2v) is 7.07. The summed E-state index contributed by atoms with van der Waals surface area (Å²) in [6.07, 6.45) is -0.0861. The molecule has 168 valence electrons. The SMILES string of the molecule is CCOC(=O)C1=C(C)N(Cc2ccc(C(=O)OC)o2)C(=O)C[C@@H]1c1cccc([N+](=O)[O-])c1. The van der Waals surface area contributed by atoms with E-state index in [0.717, 1.165) is 0 Å². The second kappa shape index (κ2) is 9.46. The van der Waals surface area contributed by atoms with Crippen molar-refractivity contribution in [3.63, 3.8) is 0 Å². The second-order valence-electron chi connectivity index (χ2n) is 7.07. The fourth-order valence-electron chi connectivity index (χ4n) is 3.65. The molecule has 0 aliphatic carbocycles. The van der Waals surface area contributed by atoms with Gasteiger partial charge in [-0.1, -0.05) is 12.1 Å². The molecule has 0 saturated carbocycles. The molecule has 0 bridgehead atoms. The van der Waals surface area contributed by atoms with Crippen LogP contribution in [0.4, 0.5) is 5.69 Å². The Morgan fingerprint density at radius 1 is 1.25 bits per heavy atom. The number of hydrogen-bond acceptors (Lipinski definition) is 8. The van der Waals surface area contributed by atoms with Gasteiger partial charge in [0.15, 0.2) is 0 Å². The summed E-state index contributed by atoms with van der Waals surface area (Å²) < 4.78 is 15.3. The Bertz CT molecular complexity index is 1100. The van der Waals surface area contributed by atoms with Crippen LogP contribution in [0.15, 0.2) is 52.1 Å². The molecule has 10 nitrogen and oxygen atoms in total. The summed E-state index contributed by atoms with van der Waals surface area (Å²) in [5, 5.41) is 11.2. The smallest absolute Gasteiger partial charge is 0.373 e. The van der Waals surface area contributed by atoms with Crippen LogP contribution >= 0.6 is 0 Å². The summed E-state index contributed by atoms with van der Waals surface area (Å²) in [5.41, 5.74) is 0.934. The fraction of sp³-hybridized carbons (Fsp3) is 0.318. The highest BCUT2D eigenvalue weighted by molar-refractivity contribution is 5.96. The number of non-ortho nitro benzene ring substituents is 1. The number of rotatable bonds is 7. The monoisotopic (exact) mass is 442 g/mol. The average molecular weight is 442 g/mol. The Hall–Kier alpha value is -3.95. The van der Waals surface area contributed by atoms with Gasteiger partial charge in [-0.05, 0) is 31.5 Å². The molecule has 0 unspecified atom stereocenters. The van der Waals surface area contributed by atoms with Crippen LogP contribution in [0.2, 0.25) is 0 Å². The van der Waals surface area contributed by atoms with Gasteiger partial charge in [0.05, 0.1) is 30.8 Å². The summed E-state index contributed by atoms with van der Waals surface area (Å²) in [6, 6.07) is 8.84. The molecule has 1 aliphatic heterocycles. The lowest BCUT2D eigenvalue weighted by molar-refractivity contribution is -0.384. The minimum absolute atomic E-state index is 0.00585. The molecule has 0 spiro atoms. The molecule has 1 aromatic carbocycles. The van der Waals surface area contributed by atoms with Gasteiger partial charge in [0.1, 0.15) is 5.76 Å². The van der Waals surface area contributed by atoms with E-state index in [1.807, 2.05) is 0 Å². The Morgan fingerprint density at radius 3 is 2.66 bits per heavy atom. The lowest BCUT2D eigenvalue weighted by Gasteiger charge is -2.34. The third kappa shape index (κ3) is 4.53. The zero-order valence-corrected chi connectivity index (χ0v) is 17.8. The normalized spacial score (nSPS) is 16.2. The van der Waals surface area contributed by atoms with Crippen molar-refractivity contribution in [1.82, 2.24) is 4.90 Å². The number of furan rings is 1. The fourth-order valence-corrected chi connectivity index (χ4v) is 3.65. The molecule has 1 aliphatic rings. The summed E-state index contributed by atoms with van der Waals surface area (Å²) in [7, 11) is 1.23. The summed E-state index contributed by atoms with van der Waals surface area (Å²) in [4.78, 5) is 49.5.